The van der Waals surface area contributed by atoms with Crippen LogP contribution < -0.4 is 5.73 Å². The number of hydrogen-bond acceptors (Lipinski definition) is 4. The molecular weight excluding hydrogens is 333 g/mol. The van der Waals surface area contributed by atoms with Crippen molar-refractivity contribution in [2.75, 3.05) is 26.2 Å². The molecule has 0 amide bonds. The van der Waals surface area contributed by atoms with Gasteiger partial charge in [-0.2, -0.15) is 4.31 Å². The Labute approximate surface area is 133 Å². The van der Waals surface area contributed by atoms with Crippen LogP contribution in [0.5, 0.6) is 0 Å². The molecule has 0 spiro atoms. The first-order chi connectivity index (χ1) is 10.9. The van der Waals surface area contributed by atoms with Crippen LogP contribution in [0.25, 0.3) is 0 Å². The first-order valence-electron chi connectivity index (χ1n) is 7.32. The molecule has 1 fully saturated rings. The third kappa shape index (κ3) is 4.23. The van der Waals surface area contributed by atoms with Crippen molar-refractivity contribution in [3.63, 3.8) is 0 Å². The topological polar surface area (TPSA) is 72.6 Å². The van der Waals surface area contributed by atoms with Gasteiger partial charge in [0.1, 0.15) is 10.7 Å². The Morgan fingerprint density at radius 1 is 1.13 bits per heavy atom. The Morgan fingerprint density at radius 2 is 1.74 bits per heavy atom. The summed E-state index contributed by atoms with van der Waals surface area (Å²) >= 11 is 0. The molecule has 2 N–H and O–H groups in total. The molecule has 0 unspecified atom stereocenters. The number of rotatable bonds is 6. The highest BCUT2D eigenvalue weighted by molar-refractivity contribution is 7.89. The number of nitrogens with two attached hydrogens (primary N) is 1. The third-order valence-corrected chi connectivity index (χ3v) is 5.61. The molecule has 1 saturated heterocycles. The minimum absolute atomic E-state index is 0.0807. The van der Waals surface area contributed by atoms with Crippen molar-refractivity contribution in [2.45, 2.75) is 30.3 Å². The van der Waals surface area contributed by atoms with Gasteiger partial charge >= 0.3 is 0 Å². The number of benzene rings is 1. The van der Waals surface area contributed by atoms with E-state index in [0.717, 1.165) is 10.7 Å². The summed E-state index contributed by atoms with van der Waals surface area (Å²) in [5.41, 5.74) is 5.36. The molecule has 0 aromatic heterocycles. The molecule has 1 aliphatic heterocycles. The average Bonchev–Trinajstić information content (AvgIpc) is 2.51. The molecule has 1 aromatic rings. The van der Waals surface area contributed by atoms with Crippen LogP contribution >= 0.6 is 0 Å². The highest BCUT2D eigenvalue weighted by Crippen LogP contribution is 2.25. The monoisotopic (exact) mass is 352 g/mol. The number of halogens is 3. The number of piperidine rings is 1. The van der Waals surface area contributed by atoms with E-state index in [0.29, 0.717) is 32.1 Å². The van der Waals surface area contributed by atoms with Crippen molar-refractivity contribution >= 4 is 10.0 Å². The third-order valence-electron chi connectivity index (χ3n) is 3.70. The SMILES string of the molecule is NCCCOC1CCN(S(=O)(=O)c2cc(F)c(F)cc2F)CC1. The lowest BCUT2D eigenvalue weighted by molar-refractivity contribution is 0.0208. The van der Waals surface area contributed by atoms with Crippen molar-refractivity contribution in [2.24, 2.45) is 5.73 Å². The van der Waals surface area contributed by atoms with Crippen molar-refractivity contribution < 1.29 is 26.3 Å². The van der Waals surface area contributed by atoms with Gasteiger partial charge in [0.15, 0.2) is 11.6 Å². The predicted molar refractivity (Wildman–Crippen MR) is 77.7 cm³/mol. The smallest absolute Gasteiger partial charge is 0.246 e. The van der Waals surface area contributed by atoms with Gasteiger partial charge in [0, 0.05) is 25.8 Å². The Balaban J connectivity index is 2.06. The second-order valence-electron chi connectivity index (χ2n) is 5.31. The fraction of sp³-hybridized carbons (Fsp3) is 0.571. The number of ether oxygens (including phenoxy) is 1. The Hall–Kier alpha value is -1.16. The summed E-state index contributed by atoms with van der Waals surface area (Å²) in [6, 6.07) is 0.620. The second kappa shape index (κ2) is 7.61. The fourth-order valence-electron chi connectivity index (χ4n) is 2.41. The molecule has 1 aliphatic rings. The maximum atomic E-state index is 13.7. The zero-order valence-corrected chi connectivity index (χ0v) is 13.3. The first kappa shape index (κ1) is 18.2. The van der Waals surface area contributed by atoms with Crippen molar-refractivity contribution in [1.29, 1.82) is 0 Å². The van der Waals surface area contributed by atoms with Gasteiger partial charge in [-0.05, 0) is 31.9 Å². The van der Waals surface area contributed by atoms with E-state index in [1.54, 1.807) is 0 Å². The van der Waals surface area contributed by atoms with E-state index in [9.17, 15) is 21.6 Å². The molecular formula is C14H19F3N2O3S. The summed E-state index contributed by atoms with van der Waals surface area (Å²) < 4.78 is 71.3. The van der Waals surface area contributed by atoms with Crippen LogP contribution in [0.3, 0.4) is 0 Å². The van der Waals surface area contributed by atoms with Crippen LogP contribution in [0.4, 0.5) is 13.2 Å². The first-order valence-corrected chi connectivity index (χ1v) is 8.76. The zero-order chi connectivity index (χ0) is 17.0. The van der Waals surface area contributed by atoms with Gasteiger partial charge in [-0.1, -0.05) is 0 Å². The molecule has 2 rings (SSSR count). The van der Waals surface area contributed by atoms with E-state index in [2.05, 4.69) is 0 Å². The molecule has 0 aliphatic carbocycles. The number of sulfonamides is 1. The molecule has 0 bridgehead atoms. The molecule has 0 radical (unpaired) electrons. The van der Waals surface area contributed by atoms with E-state index in [4.69, 9.17) is 10.5 Å². The van der Waals surface area contributed by atoms with Crippen LogP contribution in [-0.4, -0.2) is 45.1 Å². The van der Waals surface area contributed by atoms with Crippen molar-refractivity contribution in [1.82, 2.24) is 4.31 Å². The lowest BCUT2D eigenvalue weighted by Gasteiger charge is -2.31. The minimum atomic E-state index is -4.20. The zero-order valence-electron chi connectivity index (χ0n) is 12.5. The van der Waals surface area contributed by atoms with Crippen LogP contribution in [0.1, 0.15) is 19.3 Å². The van der Waals surface area contributed by atoms with Crippen molar-refractivity contribution in [3.8, 4) is 0 Å². The summed E-state index contributed by atoms with van der Waals surface area (Å²) in [4.78, 5) is -0.848. The molecule has 9 heteroatoms. The molecule has 130 valence electrons. The number of nitrogens with zero attached hydrogens (tertiary/aromatic N) is 1. The van der Waals surface area contributed by atoms with Gasteiger partial charge in [-0.15, -0.1) is 0 Å². The van der Waals surface area contributed by atoms with Crippen molar-refractivity contribution in [3.05, 3.63) is 29.6 Å². The Kier molecular flexibility index (Phi) is 6.01. The van der Waals surface area contributed by atoms with E-state index >= 15 is 0 Å². The Bertz CT molecular complexity index is 647. The van der Waals surface area contributed by atoms with Gasteiger partial charge in [-0.3, -0.25) is 0 Å². The van der Waals surface area contributed by atoms with E-state index in [1.165, 1.54) is 0 Å². The molecule has 1 heterocycles. The number of hydrogen-bond donors (Lipinski definition) is 1. The minimum Gasteiger partial charge on any atom is -0.378 e. The van der Waals surface area contributed by atoms with Crippen LogP contribution in [-0.2, 0) is 14.8 Å². The van der Waals surface area contributed by atoms with Gasteiger partial charge in [0.05, 0.1) is 6.10 Å². The molecule has 0 saturated carbocycles. The summed E-state index contributed by atoms with van der Waals surface area (Å²) in [5.74, 6) is -4.12. The van der Waals surface area contributed by atoms with Crippen LogP contribution in [0.2, 0.25) is 0 Å². The van der Waals surface area contributed by atoms with Gasteiger partial charge in [-0.25, -0.2) is 21.6 Å². The van der Waals surface area contributed by atoms with E-state index < -0.39 is 32.4 Å². The van der Waals surface area contributed by atoms with Gasteiger partial charge in [0.25, 0.3) is 0 Å². The standard InChI is InChI=1S/C14H19F3N2O3S/c15-11-8-13(17)14(9-12(11)16)23(20,21)19-5-2-10(3-6-19)22-7-1-4-18/h8-10H,1-7,18H2. The summed E-state index contributed by atoms with van der Waals surface area (Å²) in [6.45, 7) is 1.29. The second-order valence-corrected chi connectivity index (χ2v) is 7.22. The Morgan fingerprint density at radius 3 is 2.35 bits per heavy atom. The molecule has 23 heavy (non-hydrogen) atoms. The molecule has 0 atom stereocenters. The maximum Gasteiger partial charge on any atom is 0.246 e. The normalized spacial score (nSPS) is 17.6. The lowest BCUT2D eigenvalue weighted by atomic mass is 10.1. The average molecular weight is 352 g/mol. The predicted octanol–water partition coefficient (Wildman–Crippen LogP) is 1.62. The van der Waals surface area contributed by atoms with Gasteiger partial charge < -0.3 is 10.5 Å². The summed E-state index contributed by atoms with van der Waals surface area (Å²) in [6.07, 6.45) is 1.55. The largest absolute Gasteiger partial charge is 0.378 e. The van der Waals surface area contributed by atoms with E-state index in [-0.39, 0.29) is 25.3 Å². The summed E-state index contributed by atoms with van der Waals surface area (Å²) in [7, 11) is -4.20. The van der Waals surface area contributed by atoms with Crippen LogP contribution in [0.15, 0.2) is 17.0 Å². The molecule has 1 aromatic carbocycles. The maximum absolute atomic E-state index is 13.7. The van der Waals surface area contributed by atoms with E-state index in [1.807, 2.05) is 0 Å². The highest BCUT2D eigenvalue weighted by Gasteiger charge is 2.32. The lowest BCUT2D eigenvalue weighted by Crippen LogP contribution is -2.41. The van der Waals surface area contributed by atoms with Crippen LogP contribution in [0, 0.1) is 17.5 Å². The highest BCUT2D eigenvalue weighted by atomic mass is 32.2. The molecule has 5 nitrogen and oxygen atoms in total. The summed E-state index contributed by atoms with van der Waals surface area (Å²) in [5, 5.41) is 0. The van der Waals surface area contributed by atoms with Gasteiger partial charge in [0.2, 0.25) is 10.0 Å². The fourth-order valence-corrected chi connectivity index (χ4v) is 3.94. The quantitative estimate of drug-likeness (QED) is 0.624.